The van der Waals surface area contributed by atoms with Crippen LogP contribution in [0.3, 0.4) is 0 Å². The van der Waals surface area contributed by atoms with Crippen LogP contribution in [0.2, 0.25) is 0 Å². The molecule has 2 heterocycles. The SMILES string of the molecule is CCc1cnc(Nc2ccccc2)nc1-c1cc[nH]c1. The van der Waals surface area contributed by atoms with Crippen LogP contribution < -0.4 is 5.32 Å². The second-order valence-electron chi connectivity index (χ2n) is 4.51. The highest BCUT2D eigenvalue weighted by Crippen LogP contribution is 2.23. The first kappa shape index (κ1) is 12.4. The number of anilines is 2. The van der Waals surface area contributed by atoms with Gasteiger partial charge in [-0.05, 0) is 30.2 Å². The van der Waals surface area contributed by atoms with Crippen molar-refractivity contribution in [3.63, 3.8) is 0 Å². The van der Waals surface area contributed by atoms with E-state index < -0.39 is 0 Å². The van der Waals surface area contributed by atoms with Crippen molar-refractivity contribution in [2.24, 2.45) is 0 Å². The maximum Gasteiger partial charge on any atom is 0.227 e. The molecule has 0 aliphatic carbocycles. The number of nitrogens with one attached hydrogen (secondary N) is 2. The van der Waals surface area contributed by atoms with E-state index in [1.807, 2.05) is 55.0 Å². The number of aromatic nitrogens is 3. The minimum absolute atomic E-state index is 0.615. The molecule has 0 spiro atoms. The number of aromatic amines is 1. The molecule has 0 fully saturated rings. The van der Waals surface area contributed by atoms with Crippen LogP contribution >= 0.6 is 0 Å². The quantitative estimate of drug-likeness (QED) is 0.754. The highest BCUT2D eigenvalue weighted by atomic mass is 15.1. The number of para-hydroxylation sites is 1. The van der Waals surface area contributed by atoms with Gasteiger partial charge in [0.05, 0.1) is 5.69 Å². The molecule has 0 amide bonds. The molecule has 3 aromatic rings. The molecule has 2 aromatic heterocycles. The Balaban J connectivity index is 1.96. The Hall–Kier alpha value is -2.62. The van der Waals surface area contributed by atoms with Crippen LogP contribution in [0.5, 0.6) is 0 Å². The number of hydrogen-bond acceptors (Lipinski definition) is 3. The lowest BCUT2D eigenvalue weighted by Gasteiger charge is -2.09. The van der Waals surface area contributed by atoms with Crippen molar-refractivity contribution in [2.45, 2.75) is 13.3 Å². The van der Waals surface area contributed by atoms with Crippen LogP contribution in [0.4, 0.5) is 11.6 Å². The van der Waals surface area contributed by atoms with Crippen LogP contribution in [0, 0.1) is 0 Å². The fourth-order valence-corrected chi connectivity index (χ4v) is 2.10. The maximum atomic E-state index is 4.64. The third kappa shape index (κ3) is 2.54. The van der Waals surface area contributed by atoms with Gasteiger partial charge in [0.1, 0.15) is 0 Å². The van der Waals surface area contributed by atoms with Gasteiger partial charge in [0.2, 0.25) is 5.95 Å². The van der Waals surface area contributed by atoms with Gasteiger partial charge in [-0.1, -0.05) is 25.1 Å². The van der Waals surface area contributed by atoms with Gasteiger partial charge >= 0.3 is 0 Å². The van der Waals surface area contributed by atoms with Crippen molar-refractivity contribution in [1.29, 1.82) is 0 Å². The molecule has 0 saturated carbocycles. The number of rotatable bonds is 4. The molecule has 4 nitrogen and oxygen atoms in total. The summed E-state index contributed by atoms with van der Waals surface area (Å²) in [5.74, 6) is 0.615. The van der Waals surface area contributed by atoms with Crippen molar-refractivity contribution in [1.82, 2.24) is 15.0 Å². The molecular formula is C16H16N4. The summed E-state index contributed by atoms with van der Waals surface area (Å²) in [6.07, 6.45) is 6.65. The zero-order chi connectivity index (χ0) is 13.8. The standard InChI is InChI=1S/C16H16N4/c1-2-12-11-18-16(19-14-6-4-3-5-7-14)20-15(12)13-8-9-17-10-13/h3-11,17H,2H2,1H3,(H,18,19,20). The van der Waals surface area contributed by atoms with Crippen LogP contribution in [0.25, 0.3) is 11.3 Å². The van der Waals surface area contributed by atoms with Gasteiger partial charge in [0.15, 0.2) is 0 Å². The lowest BCUT2D eigenvalue weighted by atomic mass is 10.1. The minimum atomic E-state index is 0.615. The molecule has 0 bridgehead atoms. The van der Waals surface area contributed by atoms with E-state index in [0.717, 1.165) is 28.9 Å². The molecule has 3 rings (SSSR count). The number of H-pyrrole nitrogens is 1. The van der Waals surface area contributed by atoms with Gasteiger partial charge in [0, 0.05) is 29.8 Å². The Morgan fingerprint density at radius 1 is 1.15 bits per heavy atom. The van der Waals surface area contributed by atoms with E-state index in [1.165, 1.54) is 0 Å². The maximum absolute atomic E-state index is 4.64. The third-order valence-corrected chi connectivity index (χ3v) is 3.15. The molecule has 0 saturated heterocycles. The van der Waals surface area contributed by atoms with Gasteiger partial charge in [-0.25, -0.2) is 9.97 Å². The fourth-order valence-electron chi connectivity index (χ4n) is 2.10. The Morgan fingerprint density at radius 2 is 2.00 bits per heavy atom. The molecule has 0 aliphatic heterocycles. The second kappa shape index (κ2) is 5.57. The number of benzene rings is 1. The van der Waals surface area contributed by atoms with Gasteiger partial charge in [-0.2, -0.15) is 0 Å². The zero-order valence-corrected chi connectivity index (χ0v) is 11.3. The summed E-state index contributed by atoms with van der Waals surface area (Å²) in [5.41, 5.74) is 4.18. The summed E-state index contributed by atoms with van der Waals surface area (Å²) in [7, 11) is 0. The summed E-state index contributed by atoms with van der Waals surface area (Å²) in [6.45, 7) is 2.11. The molecule has 1 aromatic carbocycles. The summed E-state index contributed by atoms with van der Waals surface area (Å²) >= 11 is 0. The predicted molar refractivity (Wildman–Crippen MR) is 80.9 cm³/mol. The average molecular weight is 264 g/mol. The van der Waals surface area contributed by atoms with Crippen LogP contribution in [0.1, 0.15) is 12.5 Å². The van der Waals surface area contributed by atoms with E-state index in [1.54, 1.807) is 0 Å². The molecule has 0 unspecified atom stereocenters. The van der Waals surface area contributed by atoms with E-state index in [4.69, 9.17) is 0 Å². The van der Waals surface area contributed by atoms with Crippen LogP contribution in [-0.4, -0.2) is 15.0 Å². The van der Waals surface area contributed by atoms with Crippen LogP contribution in [0.15, 0.2) is 55.0 Å². The Kier molecular flexibility index (Phi) is 3.46. The second-order valence-corrected chi connectivity index (χ2v) is 4.51. The van der Waals surface area contributed by atoms with E-state index in [-0.39, 0.29) is 0 Å². The number of hydrogen-bond donors (Lipinski definition) is 2. The van der Waals surface area contributed by atoms with Crippen molar-refractivity contribution in [2.75, 3.05) is 5.32 Å². The van der Waals surface area contributed by atoms with Gasteiger partial charge in [-0.15, -0.1) is 0 Å². The van der Waals surface area contributed by atoms with E-state index in [9.17, 15) is 0 Å². The van der Waals surface area contributed by atoms with Crippen molar-refractivity contribution in [3.05, 3.63) is 60.6 Å². The zero-order valence-electron chi connectivity index (χ0n) is 11.3. The van der Waals surface area contributed by atoms with E-state index >= 15 is 0 Å². The monoisotopic (exact) mass is 264 g/mol. The Bertz CT molecular complexity index is 675. The van der Waals surface area contributed by atoms with E-state index in [2.05, 4.69) is 27.2 Å². The summed E-state index contributed by atoms with van der Waals surface area (Å²) in [4.78, 5) is 12.1. The molecule has 0 atom stereocenters. The van der Waals surface area contributed by atoms with Gasteiger partial charge < -0.3 is 10.3 Å². The molecule has 0 aliphatic rings. The highest BCUT2D eigenvalue weighted by molar-refractivity contribution is 5.64. The first-order valence-electron chi connectivity index (χ1n) is 6.68. The predicted octanol–water partition coefficient (Wildman–Crippen LogP) is 3.78. The molecular weight excluding hydrogens is 248 g/mol. The van der Waals surface area contributed by atoms with Crippen molar-refractivity contribution >= 4 is 11.6 Å². The number of aryl methyl sites for hydroxylation is 1. The highest BCUT2D eigenvalue weighted by Gasteiger charge is 2.08. The van der Waals surface area contributed by atoms with Gasteiger partial charge in [0.25, 0.3) is 0 Å². The average Bonchev–Trinajstić information content (AvgIpc) is 3.02. The molecule has 20 heavy (non-hydrogen) atoms. The largest absolute Gasteiger partial charge is 0.367 e. The number of nitrogens with zero attached hydrogens (tertiary/aromatic N) is 2. The molecule has 2 N–H and O–H groups in total. The summed E-state index contributed by atoms with van der Waals surface area (Å²) < 4.78 is 0. The summed E-state index contributed by atoms with van der Waals surface area (Å²) in [6, 6.07) is 12.0. The normalized spacial score (nSPS) is 10.4. The Labute approximate surface area is 117 Å². The first-order chi connectivity index (χ1) is 9.86. The molecule has 100 valence electrons. The molecule has 4 heteroatoms. The van der Waals surface area contributed by atoms with Crippen LogP contribution in [-0.2, 0) is 6.42 Å². The lowest BCUT2D eigenvalue weighted by Crippen LogP contribution is -2.00. The van der Waals surface area contributed by atoms with E-state index in [0.29, 0.717) is 5.95 Å². The third-order valence-electron chi connectivity index (χ3n) is 3.15. The lowest BCUT2D eigenvalue weighted by molar-refractivity contribution is 1.05. The molecule has 0 radical (unpaired) electrons. The van der Waals surface area contributed by atoms with Gasteiger partial charge in [-0.3, -0.25) is 0 Å². The van der Waals surface area contributed by atoms with Crippen molar-refractivity contribution in [3.8, 4) is 11.3 Å². The minimum Gasteiger partial charge on any atom is -0.367 e. The summed E-state index contributed by atoms with van der Waals surface area (Å²) in [5, 5.41) is 3.23. The topological polar surface area (TPSA) is 53.6 Å². The fraction of sp³-hybridized carbons (Fsp3) is 0.125. The smallest absolute Gasteiger partial charge is 0.227 e. The first-order valence-corrected chi connectivity index (χ1v) is 6.68. The van der Waals surface area contributed by atoms with Crippen molar-refractivity contribution < 1.29 is 0 Å². The Morgan fingerprint density at radius 3 is 2.70 bits per heavy atom.